The topological polar surface area (TPSA) is 81.2 Å². The fraction of sp³-hybridized carbons (Fsp3) is 0.500. The van der Waals surface area contributed by atoms with Gasteiger partial charge in [0, 0.05) is 0 Å². The fourth-order valence-electron chi connectivity index (χ4n) is 0.310. The molecule has 0 aromatic rings. The van der Waals surface area contributed by atoms with Crippen molar-refractivity contribution in [1.29, 1.82) is 10.5 Å². The van der Waals surface area contributed by atoms with Crippen molar-refractivity contribution < 1.29 is 4.84 Å². The van der Waals surface area contributed by atoms with Gasteiger partial charge in [-0.3, -0.25) is 5.32 Å². The van der Waals surface area contributed by atoms with E-state index in [4.69, 9.17) is 10.5 Å². The molecule has 0 amide bonds. The number of nitrogens with zero attached hydrogens (tertiary/aromatic N) is 3. The molecule has 0 saturated heterocycles. The van der Waals surface area contributed by atoms with E-state index in [9.17, 15) is 0 Å². The lowest BCUT2D eigenvalue weighted by atomic mass is 10.5. The maximum atomic E-state index is 8.18. The van der Waals surface area contributed by atoms with Crippen LogP contribution in [0.3, 0.4) is 0 Å². The molecule has 0 spiro atoms. The molecule has 0 heterocycles. The second-order valence-corrected chi connectivity index (χ2v) is 1.54. The van der Waals surface area contributed by atoms with Gasteiger partial charge in [-0.25, -0.2) is 0 Å². The van der Waals surface area contributed by atoms with Crippen LogP contribution in [0, 0.1) is 22.7 Å². The number of nitrogens with one attached hydrogen (secondary N) is 1. The van der Waals surface area contributed by atoms with Gasteiger partial charge in [0.15, 0.2) is 6.73 Å². The van der Waals surface area contributed by atoms with Crippen molar-refractivity contribution >= 4 is 5.71 Å². The highest BCUT2D eigenvalue weighted by atomic mass is 16.6. The molecule has 11 heavy (non-hydrogen) atoms. The Morgan fingerprint density at radius 2 is 2.18 bits per heavy atom. The van der Waals surface area contributed by atoms with E-state index < -0.39 is 0 Å². The molecular formula is C6H8N4O. The van der Waals surface area contributed by atoms with Crippen molar-refractivity contribution in [1.82, 2.24) is 5.32 Å². The number of hydrogen-bond donors (Lipinski definition) is 1. The molecule has 0 unspecified atom stereocenters. The van der Waals surface area contributed by atoms with Crippen LogP contribution in [0.15, 0.2) is 5.16 Å². The Labute approximate surface area is 64.9 Å². The molecule has 0 saturated carbocycles. The Bertz CT molecular complexity index is 194. The van der Waals surface area contributed by atoms with Gasteiger partial charge >= 0.3 is 0 Å². The first-order valence-corrected chi connectivity index (χ1v) is 3.06. The van der Waals surface area contributed by atoms with Crippen molar-refractivity contribution in [2.45, 2.75) is 6.92 Å². The lowest BCUT2D eigenvalue weighted by Crippen LogP contribution is -2.15. The standard InChI is InChI=1S/C6H8N4O/c1-2-9-5-11-10-6(3-7)4-8/h9H,2,5H2,1H3. The van der Waals surface area contributed by atoms with Crippen molar-refractivity contribution in [3.63, 3.8) is 0 Å². The van der Waals surface area contributed by atoms with E-state index >= 15 is 0 Å². The van der Waals surface area contributed by atoms with Gasteiger partial charge in [-0.15, -0.1) is 0 Å². The van der Waals surface area contributed by atoms with Crippen LogP contribution in [0.4, 0.5) is 0 Å². The molecule has 0 aliphatic rings. The zero-order valence-electron chi connectivity index (χ0n) is 6.16. The van der Waals surface area contributed by atoms with Crippen molar-refractivity contribution in [3.05, 3.63) is 0 Å². The van der Waals surface area contributed by atoms with Gasteiger partial charge in [0.1, 0.15) is 12.1 Å². The van der Waals surface area contributed by atoms with E-state index in [1.807, 2.05) is 6.92 Å². The molecule has 5 nitrogen and oxygen atoms in total. The summed E-state index contributed by atoms with van der Waals surface area (Å²) in [6.07, 6.45) is 0. The monoisotopic (exact) mass is 152 g/mol. The highest BCUT2D eigenvalue weighted by Gasteiger charge is 1.91. The second-order valence-electron chi connectivity index (χ2n) is 1.54. The SMILES string of the molecule is CCNCON=C(C#N)C#N. The summed E-state index contributed by atoms with van der Waals surface area (Å²) in [6.45, 7) is 2.87. The van der Waals surface area contributed by atoms with Gasteiger partial charge in [-0.1, -0.05) is 12.1 Å². The molecule has 0 radical (unpaired) electrons. The van der Waals surface area contributed by atoms with E-state index in [2.05, 4.69) is 15.3 Å². The molecule has 0 atom stereocenters. The molecule has 5 heteroatoms. The summed E-state index contributed by atoms with van der Waals surface area (Å²) < 4.78 is 0. The Morgan fingerprint density at radius 1 is 1.55 bits per heavy atom. The minimum Gasteiger partial charge on any atom is -0.378 e. The normalized spacial score (nSPS) is 7.55. The predicted molar refractivity (Wildman–Crippen MR) is 38.3 cm³/mol. The third-order valence-corrected chi connectivity index (χ3v) is 0.784. The van der Waals surface area contributed by atoms with E-state index in [0.717, 1.165) is 6.54 Å². The van der Waals surface area contributed by atoms with Gasteiger partial charge in [0.25, 0.3) is 5.71 Å². The number of oxime groups is 1. The Kier molecular flexibility index (Phi) is 5.59. The van der Waals surface area contributed by atoms with Crippen LogP contribution in [-0.4, -0.2) is 19.0 Å². The number of rotatable bonds is 4. The first-order chi connectivity index (χ1) is 5.35. The smallest absolute Gasteiger partial charge is 0.256 e. The van der Waals surface area contributed by atoms with Crippen LogP contribution in [-0.2, 0) is 4.84 Å². The summed E-state index contributed by atoms with van der Waals surface area (Å²) in [7, 11) is 0. The summed E-state index contributed by atoms with van der Waals surface area (Å²) in [4.78, 5) is 4.55. The molecule has 0 bridgehead atoms. The molecule has 58 valence electrons. The number of nitriles is 2. The van der Waals surface area contributed by atoms with Crippen LogP contribution in [0.25, 0.3) is 0 Å². The third kappa shape index (κ3) is 4.89. The Balaban J connectivity index is 3.58. The Morgan fingerprint density at radius 3 is 2.64 bits per heavy atom. The summed E-state index contributed by atoms with van der Waals surface area (Å²) in [5, 5.41) is 22.4. The molecule has 0 aromatic carbocycles. The van der Waals surface area contributed by atoms with Gasteiger partial charge < -0.3 is 4.84 Å². The van der Waals surface area contributed by atoms with E-state index in [1.165, 1.54) is 0 Å². The molecule has 0 aromatic heterocycles. The minimum atomic E-state index is -0.275. The largest absolute Gasteiger partial charge is 0.378 e. The van der Waals surface area contributed by atoms with Crippen molar-refractivity contribution in [2.75, 3.05) is 13.3 Å². The molecule has 1 N–H and O–H groups in total. The Hall–Kier alpha value is -1.59. The third-order valence-electron chi connectivity index (χ3n) is 0.784. The van der Waals surface area contributed by atoms with Crippen molar-refractivity contribution in [2.24, 2.45) is 5.16 Å². The average Bonchev–Trinajstić information content (AvgIpc) is 2.05. The maximum absolute atomic E-state index is 8.18. The molecule has 0 aliphatic carbocycles. The predicted octanol–water partition coefficient (Wildman–Crippen LogP) is -0.0268. The second kappa shape index (κ2) is 6.53. The zero-order valence-corrected chi connectivity index (χ0v) is 6.16. The van der Waals surface area contributed by atoms with E-state index in [0.29, 0.717) is 0 Å². The van der Waals surface area contributed by atoms with Crippen LogP contribution in [0.5, 0.6) is 0 Å². The van der Waals surface area contributed by atoms with Gasteiger partial charge in [0.2, 0.25) is 0 Å². The molecule has 0 aliphatic heterocycles. The van der Waals surface area contributed by atoms with Gasteiger partial charge in [-0.05, 0) is 6.54 Å². The van der Waals surface area contributed by atoms with Crippen LogP contribution >= 0.6 is 0 Å². The highest BCUT2D eigenvalue weighted by molar-refractivity contribution is 6.09. The maximum Gasteiger partial charge on any atom is 0.256 e. The van der Waals surface area contributed by atoms with E-state index in [-0.39, 0.29) is 12.4 Å². The average molecular weight is 152 g/mol. The highest BCUT2D eigenvalue weighted by Crippen LogP contribution is 1.76. The fourth-order valence-corrected chi connectivity index (χ4v) is 0.310. The van der Waals surface area contributed by atoms with E-state index in [1.54, 1.807) is 12.1 Å². The lowest BCUT2D eigenvalue weighted by Gasteiger charge is -1.96. The molecule has 0 rings (SSSR count). The lowest BCUT2D eigenvalue weighted by molar-refractivity contribution is 0.128. The quantitative estimate of drug-likeness (QED) is 0.265. The van der Waals surface area contributed by atoms with Crippen LogP contribution < -0.4 is 5.32 Å². The van der Waals surface area contributed by atoms with Crippen LogP contribution in [0.2, 0.25) is 0 Å². The van der Waals surface area contributed by atoms with Gasteiger partial charge in [0.05, 0.1) is 0 Å². The summed E-state index contributed by atoms with van der Waals surface area (Å²) in [5.74, 6) is 0. The summed E-state index contributed by atoms with van der Waals surface area (Å²) in [6, 6.07) is 3.13. The first kappa shape index (κ1) is 9.41. The minimum absolute atomic E-state index is 0.212. The van der Waals surface area contributed by atoms with Gasteiger partial charge in [-0.2, -0.15) is 10.5 Å². The summed E-state index contributed by atoms with van der Waals surface area (Å²) >= 11 is 0. The molecule has 0 fully saturated rings. The first-order valence-electron chi connectivity index (χ1n) is 3.06. The molecular weight excluding hydrogens is 144 g/mol. The van der Waals surface area contributed by atoms with Crippen molar-refractivity contribution in [3.8, 4) is 12.1 Å². The van der Waals surface area contributed by atoms with Crippen LogP contribution in [0.1, 0.15) is 6.92 Å². The zero-order chi connectivity index (χ0) is 8.53. The summed E-state index contributed by atoms with van der Waals surface area (Å²) in [5.41, 5.74) is -0.275. The number of hydrogen-bond acceptors (Lipinski definition) is 5.